The summed E-state index contributed by atoms with van der Waals surface area (Å²) in [4.78, 5) is 26.7. The van der Waals surface area contributed by atoms with Gasteiger partial charge in [0.15, 0.2) is 58.6 Å². The third-order valence-electron chi connectivity index (χ3n) is 13.7. The first-order valence-electron chi connectivity index (χ1n) is 22.4. The number of rotatable bonds is 7. The zero-order valence-corrected chi connectivity index (χ0v) is 37.6. The smallest absolute Gasteiger partial charge is 0.350 e. The maximum Gasteiger partial charge on any atom is 0.350 e. The third kappa shape index (κ3) is 7.77. The number of hydrogen-bond donors (Lipinski definition) is 15. The molecule has 9 unspecified atom stereocenters. The Kier molecular flexibility index (Phi) is 11.4. The van der Waals surface area contributed by atoms with Gasteiger partial charge in [-0.3, -0.25) is 4.79 Å². The van der Waals surface area contributed by atoms with Crippen molar-refractivity contribution < 1.29 is 105 Å². The SMILES string of the molecule is O=C1CCC=CC1(O)C(=O)OC1Cc2c(O)cc(O)c(C3c4c(O)cc(O)c(C5c6c(O)cc(O)cc6OC(c6ccc(O)c(O)c6)C5O)c4OC(c4ccc(O)c(O)c4)C3O)c2OC1c1ccc(O)c(O)c1. The second kappa shape index (κ2) is 17.4. The molecule has 4 aliphatic rings. The summed E-state index contributed by atoms with van der Waals surface area (Å²) in [6, 6.07) is 13.8. The molecular weight excluding hydrogens is 961 g/mol. The molecule has 1 aliphatic carbocycles. The second-order valence-corrected chi connectivity index (χ2v) is 18.2. The van der Waals surface area contributed by atoms with E-state index in [0.29, 0.717) is 0 Å². The van der Waals surface area contributed by atoms with Crippen LogP contribution in [0.3, 0.4) is 0 Å². The first-order chi connectivity index (χ1) is 34.7. The van der Waals surface area contributed by atoms with E-state index in [1.165, 1.54) is 24.3 Å². The van der Waals surface area contributed by atoms with E-state index in [4.69, 9.17) is 18.9 Å². The van der Waals surface area contributed by atoms with Crippen molar-refractivity contribution in [3.63, 3.8) is 0 Å². The molecule has 10 rings (SSSR count). The van der Waals surface area contributed by atoms with E-state index in [1.807, 2.05) is 0 Å². The Hall–Kier alpha value is -8.92. The summed E-state index contributed by atoms with van der Waals surface area (Å²) in [5, 5.41) is 169. The molecule has 0 saturated heterocycles. The Labute approximate surface area is 411 Å². The maximum absolute atomic E-state index is 13.8. The van der Waals surface area contributed by atoms with Crippen LogP contribution in [0.2, 0.25) is 0 Å². The lowest BCUT2D eigenvalue weighted by atomic mass is 9.73. The van der Waals surface area contributed by atoms with Gasteiger partial charge < -0.3 is 95.5 Å². The summed E-state index contributed by atoms with van der Waals surface area (Å²) < 4.78 is 25.0. The van der Waals surface area contributed by atoms with Crippen molar-refractivity contribution in [3.05, 3.63) is 136 Å². The summed E-state index contributed by atoms with van der Waals surface area (Å²) in [5.74, 6) is -15.1. The highest BCUT2D eigenvalue weighted by atomic mass is 16.6. The van der Waals surface area contributed by atoms with Gasteiger partial charge in [-0.2, -0.15) is 0 Å². The minimum absolute atomic E-state index is 0.0139. The number of aliphatic hydroxyl groups is 3. The molecule has 0 spiro atoms. The average molecular weight is 1000 g/mol. The molecule has 6 aromatic rings. The van der Waals surface area contributed by atoms with Crippen molar-refractivity contribution in [3.8, 4) is 86.2 Å². The Morgan fingerprint density at radius 1 is 0.521 bits per heavy atom. The number of phenolic OH excluding ortho intramolecular Hbond substituents is 12. The second-order valence-electron chi connectivity index (χ2n) is 18.2. The van der Waals surface area contributed by atoms with E-state index in [2.05, 4.69) is 0 Å². The standard InChI is InChI=1S/C52H44O21/c53-22-14-31(61)38-35(15-22)70-47(20-5-8-25(55)29(59)12-20)44(66)42(38)40-33(63)18-34(64)41-43(45(67)48(73-50(40)41)21-6-9-26(56)30(60)13-21)39-32(62)17-27(57)23-16-36(71-51(68)52(69)10-2-1-3-37(52)65)46(72-49(23)39)19-4-7-24(54)28(58)11-19/h2,4-15,17-18,36,42-48,53-64,66-67,69H,1,3,16H2. The van der Waals surface area contributed by atoms with Crippen molar-refractivity contribution in [2.45, 2.75) is 73.3 Å². The molecule has 73 heavy (non-hydrogen) atoms. The molecule has 15 N–H and O–H groups in total. The van der Waals surface area contributed by atoms with Crippen LogP contribution in [0.5, 0.6) is 86.2 Å². The van der Waals surface area contributed by atoms with Crippen LogP contribution in [0, 0.1) is 0 Å². The normalized spacial score (nSPS) is 25.0. The van der Waals surface area contributed by atoms with Crippen LogP contribution in [-0.2, 0) is 20.7 Å². The van der Waals surface area contributed by atoms with Crippen LogP contribution in [0.4, 0.5) is 0 Å². The number of phenols is 12. The minimum Gasteiger partial charge on any atom is -0.508 e. The summed E-state index contributed by atoms with van der Waals surface area (Å²) in [7, 11) is 0. The molecule has 0 bridgehead atoms. The molecule has 3 aliphatic heterocycles. The number of allylic oxidation sites excluding steroid dienone is 1. The van der Waals surface area contributed by atoms with E-state index < -0.39 is 169 Å². The quantitative estimate of drug-likeness (QED) is 0.0448. The molecule has 6 aromatic carbocycles. The van der Waals surface area contributed by atoms with E-state index >= 15 is 0 Å². The van der Waals surface area contributed by atoms with E-state index in [-0.39, 0.29) is 46.4 Å². The van der Waals surface area contributed by atoms with Gasteiger partial charge in [0.1, 0.15) is 70.1 Å². The third-order valence-corrected chi connectivity index (χ3v) is 13.7. The van der Waals surface area contributed by atoms with E-state index in [9.17, 15) is 86.2 Å². The van der Waals surface area contributed by atoms with E-state index in [1.54, 1.807) is 0 Å². The monoisotopic (exact) mass is 1000 g/mol. The maximum atomic E-state index is 13.8. The van der Waals surface area contributed by atoms with Crippen molar-refractivity contribution in [1.82, 2.24) is 0 Å². The molecule has 0 radical (unpaired) electrons. The van der Waals surface area contributed by atoms with Gasteiger partial charge in [-0.1, -0.05) is 24.3 Å². The lowest BCUT2D eigenvalue weighted by molar-refractivity contribution is -0.175. The summed E-state index contributed by atoms with van der Waals surface area (Å²) in [6.45, 7) is 0. The molecule has 0 saturated carbocycles. The van der Waals surface area contributed by atoms with Gasteiger partial charge in [-0.25, -0.2) is 4.79 Å². The molecule has 0 aromatic heterocycles. The molecule has 21 nitrogen and oxygen atoms in total. The molecule has 0 fully saturated rings. The fourth-order valence-electron chi connectivity index (χ4n) is 10.2. The minimum atomic E-state index is -2.72. The number of aromatic hydroxyl groups is 12. The number of benzene rings is 6. The van der Waals surface area contributed by atoms with Crippen molar-refractivity contribution in [1.29, 1.82) is 0 Å². The number of esters is 1. The van der Waals surface area contributed by atoms with Crippen molar-refractivity contribution in [2.75, 3.05) is 0 Å². The molecular formula is C52H44O21. The number of fused-ring (bicyclic) bond motifs is 3. The zero-order chi connectivity index (χ0) is 52.1. The first kappa shape index (κ1) is 47.7. The van der Waals surface area contributed by atoms with Crippen LogP contribution >= 0.6 is 0 Å². The number of aliphatic hydroxyl groups excluding tert-OH is 2. The van der Waals surface area contributed by atoms with Crippen molar-refractivity contribution in [2.24, 2.45) is 0 Å². The summed E-state index contributed by atoms with van der Waals surface area (Å²) in [6.07, 6.45) is -8.49. The lowest BCUT2D eigenvalue weighted by Crippen LogP contribution is -2.50. The van der Waals surface area contributed by atoms with Gasteiger partial charge in [0.2, 0.25) is 5.60 Å². The molecule has 21 heteroatoms. The van der Waals surface area contributed by atoms with Gasteiger partial charge in [-0.15, -0.1) is 0 Å². The van der Waals surface area contributed by atoms with Gasteiger partial charge >= 0.3 is 5.97 Å². The van der Waals surface area contributed by atoms with Crippen LogP contribution in [0.1, 0.15) is 87.5 Å². The zero-order valence-electron chi connectivity index (χ0n) is 37.6. The predicted octanol–water partition coefficient (Wildman–Crippen LogP) is 4.65. The Morgan fingerprint density at radius 2 is 0.986 bits per heavy atom. The van der Waals surface area contributed by atoms with Crippen LogP contribution in [0.25, 0.3) is 0 Å². The highest BCUT2D eigenvalue weighted by Gasteiger charge is 2.52. The fourth-order valence-corrected chi connectivity index (χ4v) is 10.2. The number of Topliss-reactive ketones (excluding diaryl/α,β-unsaturated/α-hetero) is 1. The lowest BCUT2D eigenvalue weighted by Gasteiger charge is -2.43. The highest BCUT2D eigenvalue weighted by Crippen LogP contribution is 2.62. The van der Waals surface area contributed by atoms with Gasteiger partial charge in [0, 0.05) is 70.5 Å². The van der Waals surface area contributed by atoms with Crippen molar-refractivity contribution >= 4 is 11.8 Å². The fraction of sp³-hybridized carbons (Fsp3) is 0.231. The number of hydrogen-bond acceptors (Lipinski definition) is 21. The Morgan fingerprint density at radius 3 is 1.52 bits per heavy atom. The highest BCUT2D eigenvalue weighted by molar-refractivity contribution is 6.09. The Balaban J connectivity index is 1.21. The predicted molar refractivity (Wildman–Crippen MR) is 246 cm³/mol. The topological polar surface area (TPSA) is 375 Å². The Bertz CT molecular complexity index is 3310. The number of carbonyl (C=O) groups excluding carboxylic acids is 2. The molecule has 3 heterocycles. The van der Waals surface area contributed by atoms with Crippen LogP contribution in [0.15, 0.2) is 91.0 Å². The molecule has 378 valence electrons. The van der Waals surface area contributed by atoms with Crippen LogP contribution < -0.4 is 14.2 Å². The number of ketones is 1. The van der Waals surface area contributed by atoms with Crippen LogP contribution in [-0.4, -0.2) is 112 Å². The summed E-state index contributed by atoms with van der Waals surface area (Å²) >= 11 is 0. The van der Waals surface area contributed by atoms with Gasteiger partial charge in [-0.05, 0) is 60.0 Å². The average Bonchev–Trinajstić information content (AvgIpc) is 3.33. The number of carbonyl (C=O) groups is 2. The van der Waals surface area contributed by atoms with Gasteiger partial charge in [0.05, 0.1) is 11.8 Å². The molecule has 0 amide bonds. The van der Waals surface area contributed by atoms with E-state index in [0.717, 1.165) is 66.7 Å². The van der Waals surface area contributed by atoms with Gasteiger partial charge in [0.25, 0.3) is 0 Å². The largest absolute Gasteiger partial charge is 0.508 e. The summed E-state index contributed by atoms with van der Waals surface area (Å²) in [5.41, 5.74) is -4.56. The first-order valence-corrected chi connectivity index (χ1v) is 22.4. The number of ether oxygens (including phenoxy) is 4. The molecule has 9 atom stereocenters.